The molecule has 0 spiro atoms. The summed E-state index contributed by atoms with van der Waals surface area (Å²) >= 11 is 0. The van der Waals surface area contributed by atoms with Crippen LogP contribution in [0, 0.1) is 0 Å². The van der Waals surface area contributed by atoms with Crippen molar-refractivity contribution >= 4 is 17.6 Å². The minimum Gasteiger partial charge on any atom is -0.466 e. The lowest BCUT2D eigenvalue weighted by atomic mass is 10.3. The van der Waals surface area contributed by atoms with E-state index in [1.165, 1.54) is 0 Å². The molecule has 0 aliphatic carbocycles. The Morgan fingerprint density at radius 1 is 1.26 bits per heavy atom. The van der Waals surface area contributed by atoms with Crippen LogP contribution in [0.25, 0.3) is 0 Å². The second kappa shape index (κ2) is 8.26. The van der Waals surface area contributed by atoms with Crippen LogP contribution in [0.1, 0.15) is 13.3 Å². The molecule has 0 saturated carbocycles. The normalized spacial score (nSPS) is 10.3. The van der Waals surface area contributed by atoms with E-state index in [9.17, 15) is 9.59 Å². The van der Waals surface area contributed by atoms with Gasteiger partial charge in [-0.3, -0.25) is 14.5 Å². The first-order valence-electron chi connectivity index (χ1n) is 6.31. The van der Waals surface area contributed by atoms with Gasteiger partial charge in [-0.15, -0.1) is 0 Å². The van der Waals surface area contributed by atoms with E-state index in [-0.39, 0.29) is 18.4 Å². The number of carbonyl (C=O) groups excluding carboxylic acids is 2. The standard InChI is InChI=1S/C14H20N2O3/c1-3-19-14(18)9-10-16(2)11-13(17)15-12-7-5-4-6-8-12/h4-8H,3,9-11H2,1-2H3,(H,15,17). The molecule has 0 bridgehead atoms. The zero-order valence-electron chi connectivity index (χ0n) is 11.4. The first-order chi connectivity index (χ1) is 9.11. The number of rotatable bonds is 7. The van der Waals surface area contributed by atoms with E-state index >= 15 is 0 Å². The number of para-hydroxylation sites is 1. The quantitative estimate of drug-likeness (QED) is 0.758. The zero-order chi connectivity index (χ0) is 14.1. The molecule has 0 atom stereocenters. The third-order valence-electron chi connectivity index (χ3n) is 2.47. The number of carbonyl (C=O) groups is 2. The van der Waals surface area contributed by atoms with Gasteiger partial charge in [0.1, 0.15) is 0 Å². The number of benzene rings is 1. The Morgan fingerprint density at radius 3 is 2.58 bits per heavy atom. The molecule has 0 heterocycles. The van der Waals surface area contributed by atoms with Crippen LogP contribution in [0.2, 0.25) is 0 Å². The van der Waals surface area contributed by atoms with Crippen molar-refractivity contribution in [1.82, 2.24) is 4.90 Å². The predicted molar refractivity (Wildman–Crippen MR) is 73.8 cm³/mol. The minimum atomic E-state index is -0.238. The van der Waals surface area contributed by atoms with Crippen LogP contribution in [0.3, 0.4) is 0 Å². The number of hydrogen-bond donors (Lipinski definition) is 1. The molecular weight excluding hydrogens is 244 g/mol. The molecule has 104 valence electrons. The van der Waals surface area contributed by atoms with E-state index in [1.807, 2.05) is 30.3 Å². The lowest BCUT2D eigenvalue weighted by Gasteiger charge is -2.15. The molecule has 0 aliphatic heterocycles. The average molecular weight is 264 g/mol. The Balaban J connectivity index is 2.26. The monoisotopic (exact) mass is 264 g/mol. The molecule has 5 heteroatoms. The molecule has 1 aromatic carbocycles. The van der Waals surface area contributed by atoms with Crippen molar-refractivity contribution in [3.8, 4) is 0 Å². The van der Waals surface area contributed by atoms with Crippen LogP contribution < -0.4 is 5.32 Å². The van der Waals surface area contributed by atoms with Gasteiger partial charge in [-0.1, -0.05) is 18.2 Å². The van der Waals surface area contributed by atoms with Crippen molar-refractivity contribution < 1.29 is 14.3 Å². The van der Waals surface area contributed by atoms with Crippen molar-refractivity contribution in [2.24, 2.45) is 0 Å². The zero-order valence-corrected chi connectivity index (χ0v) is 11.4. The molecule has 1 N–H and O–H groups in total. The summed E-state index contributed by atoms with van der Waals surface area (Å²) in [7, 11) is 1.80. The Bertz CT molecular complexity index is 406. The highest BCUT2D eigenvalue weighted by Gasteiger charge is 2.09. The Hall–Kier alpha value is -1.88. The van der Waals surface area contributed by atoms with Gasteiger partial charge in [0.25, 0.3) is 0 Å². The van der Waals surface area contributed by atoms with Gasteiger partial charge < -0.3 is 10.1 Å². The van der Waals surface area contributed by atoms with E-state index in [4.69, 9.17) is 4.74 Å². The maximum atomic E-state index is 11.7. The lowest BCUT2D eigenvalue weighted by Crippen LogP contribution is -2.32. The Kier molecular flexibility index (Phi) is 6.60. The van der Waals surface area contributed by atoms with Gasteiger partial charge in [0.05, 0.1) is 19.6 Å². The molecule has 19 heavy (non-hydrogen) atoms. The summed E-state index contributed by atoms with van der Waals surface area (Å²) in [5.41, 5.74) is 0.770. The van der Waals surface area contributed by atoms with Crippen molar-refractivity contribution in [2.45, 2.75) is 13.3 Å². The smallest absolute Gasteiger partial charge is 0.307 e. The predicted octanol–water partition coefficient (Wildman–Crippen LogP) is 1.51. The number of likely N-dealkylation sites (N-methyl/N-ethyl adjacent to an activating group) is 1. The average Bonchev–Trinajstić information content (AvgIpc) is 2.38. The second-order valence-corrected chi connectivity index (χ2v) is 4.21. The molecule has 1 aromatic rings. The number of nitrogens with zero attached hydrogens (tertiary/aromatic N) is 1. The third-order valence-corrected chi connectivity index (χ3v) is 2.47. The fourth-order valence-electron chi connectivity index (χ4n) is 1.56. The molecule has 1 rings (SSSR count). The van der Waals surface area contributed by atoms with Crippen molar-refractivity contribution in [1.29, 1.82) is 0 Å². The van der Waals surface area contributed by atoms with Gasteiger partial charge in [-0.2, -0.15) is 0 Å². The number of amides is 1. The third kappa shape index (κ3) is 6.57. The topological polar surface area (TPSA) is 58.6 Å². The van der Waals surface area contributed by atoms with E-state index < -0.39 is 0 Å². The molecular formula is C14H20N2O3. The molecule has 0 saturated heterocycles. The van der Waals surface area contributed by atoms with Crippen molar-refractivity contribution in [3.05, 3.63) is 30.3 Å². The lowest BCUT2D eigenvalue weighted by molar-refractivity contribution is -0.143. The fourth-order valence-corrected chi connectivity index (χ4v) is 1.56. The molecule has 5 nitrogen and oxygen atoms in total. The summed E-state index contributed by atoms with van der Waals surface area (Å²) < 4.78 is 4.83. The van der Waals surface area contributed by atoms with Crippen molar-refractivity contribution in [3.63, 3.8) is 0 Å². The molecule has 0 aromatic heterocycles. The fraction of sp³-hybridized carbons (Fsp3) is 0.429. The number of anilines is 1. The van der Waals surface area contributed by atoms with Crippen LogP contribution >= 0.6 is 0 Å². The van der Waals surface area contributed by atoms with Gasteiger partial charge in [0.15, 0.2) is 0 Å². The Labute approximate surface area is 113 Å². The van der Waals surface area contributed by atoms with Crippen LogP contribution in [-0.2, 0) is 14.3 Å². The summed E-state index contributed by atoms with van der Waals surface area (Å²) in [5.74, 6) is -0.338. The SMILES string of the molecule is CCOC(=O)CCN(C)CC(=O)Nc1ccccc1. The van der Waals surface area contributed by atoms with Crippen LogP contribution in [0.4, 0.5) is 5.69 Å². The first kappa shape index (κ1) is 15.2. The Morgan fingerprint density at radius 2 is 1.95 bits per heavy atom. The van der Waals surface area contributed by atoms with Crippen molar-refractivity contribution in [2.75, 3.05) is 32.1 Å². The van der Waals surface area contributed by atoms with Gasteiger partial charge >= 0.3 is 5.97 Å². The minimum absolute atomic E-state index is 0.0995. The summed E-state index contributed by atoms with van der Waals surface area (Å²) in [4.78, 5) is 24.7. The van der Waals surface area contributed by atoms with E-state index in [0.717, 1.165) is 5.69 Å². The second-order valence-electron chi connectivity index (χ2n) is 4.21. The molecule has 1 amide bonds. The maximum absolute atomic E-state index is 11.7. The molecule has 0 unspecified atom stereocenters. The summed E-state index contributed by atoms with van der Waals surface area (Å²) in [5, 5.41) is 2.79. The largest absolute Gasteiger partial charge is 0.466 e. The highest BCUT2D eigenvalue weighted by molar-refractivity contribution is 5.92. The van der Waals surface area contributed by atoms with Gasteiger partial charge in [-0.25, -0.2) is 0 Å². The van der Waals surface area contributed by atoms with Gasteiger partial charge in [-0.05, 0) is 26.1 Å². The number of nitrogens with one attached hydrogen (secondary N) is 1. The summed E-state index contributed by atoms with van der Waals surface area (Å²) in [6.07, 6.45) is 0.295. The number of ether oxygens (including phenoxy) is 1. The molecule has 0 radical (unpaired) electrons. The van der Waals surface area contributed by atoms with Crippen LogP contribution in [0.5, 0.6) is 0 Å². The van der Waals surface area contributed by atoms with Gasteiger partial charge in [0.2, 0.25) is 5.91 Å². The highest BCUT2D eigenvalue weighted by atomic mass is 16.5. The number of hydrogen-bond acceptors (Lipinski definition) is 4. The van der Waals surface area contributed by atoms with Gasteiger partial charge in [0, 0.05) is 12.2 Å². The van der Waals surface area contributed by atoms with Crippen LogP contribution in [-0.4, -0.2) is 43.5 Å². The van der Waals surface area contributed by atoms with E-state index in [2.05, 4.69) is 5.32 Å². The summed E-state index contributed by atoms with van der Waals surface area (Å²) in [6, 6.07) is 9.27. The molecule has 0 fully saturated rings. The molecule has 0 aliphatic rings. The first-order valence-corrected chi connectivity index (χ1v) is 6.31. The van der Waals surface area contributed by atoms with E-state index in [1.54, 1.807) is 18.9 Å². The van der Waals surface area contributed by atoms with Crippen LogP contribution in [0.15, 0.2) is 30.3 Å². The van der Waals surface area contributed by atoms with E-state index in [0.29, 0.717) is 19.6 Å². The summed E-state index contributed by atoms with van der Waals surface area (Å²) in [6.45, 7) is 2.90. The maximum Gasteiger partial charge on any atom is 0.307 e. The highest BCUT2D eigenvalue weighted by Crippen LogP contribution is 2.04. The number of esters is 1.